The molecule has 2 heterocycles. The summed E-state index contributed by atoms with van der Waals surface area (Å²) in [6.45, 7) is 4.61. The van der Waals surface area contributed by atoms with Gasteiger partial charge in [0, 0.05) is 44.2 Å². The van der Waals surface area contributed by atoms with Crippen molar-refractivity contribution in [2.45, 2.75) is 22.6 Å². The first-order chi connectivity index (χ1) is 12.0. The largest absolute Gasteiger partial charge is 0.339 e. The summed E-state index contributed by atoms with van der Waals surface area (Å²) in [5.74, 6) is 0.536. The molecule has 2 saturated heterocycles. The summed E-state index contributed by atoms with van der Waals surface area (Å²) in [5, 5.41) is 0. The number of carbonyl (C=O) groups excluding carboxylic acids is 1. The Morgan fingerprint density at radius 3 is 2.20 bits per heavy atom. The maximum absolute atomic E-state index is 12.5. The SMILES string of the molecule is CN1CCN(C(=O)CSc2ccc(S(=O)(=O)N3CCCC3)cc2)CC1. The fourth-order valence-corrected chi connectivity index (χ4v) is 5.40. The third-order valence-electron chi connectivity index (χ3n) is 4.74. The van der Waals surface area contributed by atoms with E-state index in [1.165, 1.54) is 11.8 Å². The third kappa shape index (κ3) is 4.55. The smallest absolute Gasteiger partial charge is 0.243 e. The highest BCUT2D eigenvalue weighted by atomic mass is 32.2. The van der Waals surface area contributed by atoms with E-state index >= 15 is 0 Å². The molecule has 0 unspecified atom stereocenters. The lowest BCUT2D eigenvalue weighted by Crippen LogP contribution is -2.47. The lowest BCUT2D eigenvalue weighted by atomic mass is 10.3. The van der Waals surface area contributed by atoms with E-state index in [2.05, 4.69) is 11.9 Å². The van der Waals surface area contributed by atoms with Crippen molar-refractivity contribution in [3.05, 3.63) is 24.3 Å². The van der Waals surface area contributed by atoms with Gasteiger partial charge in [0.2, 0.25) is 15.9 Å². The Balaban J connectivity index is 1.55. The van der Waals surface area contributed by atoms with E-state index in [1.807, 2.05) is 4.90 Å². The highest BCUT2D eigenvalue weighted by Crippen LogP contribution is 2.24. The number of nitrogens with zero attached hydrogens (tertiary/aromatic N) is 3. The summed E-state index contributed by atoms with van der Waals surface area (Å²) in [5.41, 5.74) is 0. The van der Waals surface area contributed by atoms with E-state index in [4.69, 9.17) is 0 Å². The molecule has 8 heteroatoms. The zero-order valence-corrected chi connectivity index (χ0v) is 16.2. The lowest BCUT2D eigenvalue weighted by molar-refractivity contribution is -0.129. The molecule has 1 aromatic carbocycles. The summed E-state index contributed by atoms with van der Waals surface area (Å²) >= 11 is 1.46. The van der Waals surface area contributed by atoms with Crippen molar-refractivity contribution in [3.8, 4) is 0 Å². The lowest BCUT2D eigenvalue weighted by Gasteiger charge is -2.32. The van der Waals surface area contributed by atoms with Gasteiger partial charge in [0.1, 0.15) is 0 Å². The number of sulfonamides is 1. The molecule has 25 heavy (non-hydrogen) atoms. The predicted octanol–water partition coefficient (Wildman–Crippen LogP) is 1.34. The van der Waals surface area contributed by atoms with Crippen LogP contribution in [-0.4, -0.2) is 80.5 Å². The molecule has 0 saturated carbocycles. The van der Waals surface area contributed by atoms with Crippen molar-refractivity contribution < 1.29 is 13.2 Å². The van der Waals surface area contributed by atoms with E-state index in [0.29, 0.717) is 23.7 Å². The zero-order valence-electron chi connectivity index (χ0n) is 14.6. The predicted molar refractivity (Wildman–Crippen MR) is 99.2 cm³/mol. The van der Waals surface area contributed by atoms with Crippen LogP contribution in [0.15, 0.2) is 34.1 Å². The summed E-state index contributed by atoms with van der Waals surface area (Å²) in [7, 11) is -1.30. The van der Waals surface area contributed by atoms with Crippen LogP contribution in [0.2, 0.25) is 0 Å². The monoisotopic (exact) mass is 383 g/mol. The summed E-state index contributed by atoms with van der Waals surface area (Å²) < 4.78 is 26.5. The third-order valence-corrected chi connectivity index (χ3v) is 7.65. The van der Waals surface area contributed by atoms with Gasteiger partial charge in [-0.15, -0.1) is 11.8 Å². The number of benzene rings is 1. The van der Waals surface area contributed by atoms with E-state index in [9.17, 15) is 13.2 Å². The Kier molecular flexibility index (Phi) is 6.04. The summed E-state index contributed by atoms with van der Waals surface area (Å²) in [4.78, 5) is 17.6. The minimum atomic E-state index is -3.36. The van der Waals surface area contributed by atoms with Gasteiger partial charge in [-0.3, -0.25) is 4.79 Å². The second-order valence-electron chi connectivity index (χ2n) is 6.56. The van der Waals surface area contributed by atoms with Gasteiger partial charge in [-0.05, 0) is 44.2 Å². The van der Waals surface area contributed by atoms with Crippen LogP contribution in [0, 0.1) is 0 Å². The van der Waals surface area contributed by atoms with Gasteiger partial charge in [0.25, 0.3) is 0 Å². The van der Waals surface area contributed by atoms with Crippen LogP contribution in [0.1, 0.15) is 12.8 Å². The Morgan fingerprint density at radius 2 is 1.60 bits per heavy atom. The van der Waals surface area contributed by atoms with Crippen LogP contribution in [0.25, 0.3) is 0 Å². The topological polar surface area (TPSA) is 60.9 Å². The van der Waals surface area contributed by atoms with Crippen molar-refractivity contribution >= 4 is 27.7 Å². The Hall–Kier alpha value is -1.09. The summed E-state index contributed by atoms with van der Waals surface area (Å²) in [6.07, 6.45) is 1.86. The van der Waals surface area contributed by atoms with Crippen LogP contribution in [-0.2, 0) is 14.8 Å². The number of likely N-dealkylation sites (N-methyl/N-ethyl adjacent to an activating group) is 1. The van der Waals surface area contributed by atoms with Gasteiger partial charge in [0.05, 0.1) is 10.6 Å². The molecule has 138 valence electrons. The van der Waals surface area contributed by atoms with E-state index in [-0.39, 0.29) is 5.91 Å². The quantitative estimate of drug-likeness (QED) is 0.718. The Labute approximate surface area is 154 Å². The van der Waals surface area contributed by atoms with Gasteiger partial charge in [-0.1, -0.05) is 0 Å². The number of rotatable bonds is 5. The van der Waals surface area contributed by atoms with Crippen molar-refractivity contribution in [2.24, 2.45) is 0 Å². The zero-order chi connectivity index (χ0) is 17.9. The average molecular weight is 384 g/mol. The number of hydrogen-bond donors (Lipinski definition) is 0. The first-order valence-corrected chi connectivity index (χ1v) is 11.1. The molecule has 2 aliphatic rings. The second-order valence-corrected chi connectivity index (χ2v) is 9.54. The number of thioether (sulfide) groups is 1. The number of hydrogen-bond acceptors (Lipinski definition) is 5. The van der Waals surface area contributed by atoms with E-state index in [0.717, 1.165) is 43.9 Å². The van der Waals surface area contributed by atoms with Gasteiger partial charge in [-0.25, -0.2) is 8.42 Å². The van der Waals surface area contributed by atoms with Crippen molar-refractivity contribution in [1.82, 2.24) is 14.1 Å². The Bertz CT molecular complexity index is 692. The maximum Gasteiger partial charge on any atom is 0.243 e. The molecule has 0 bridgehead atoms. The molecule has 3 rings (SSSR count). The van der Waals surface area contributed by atoms with E-state index in [1.54, 1.807) is 28.6 Å². The average Bonchev–Trinajstić information content (AvgIpc) is 3.16. The fourth-order valence-electron chi connectivity index (χ4n) is 3.08. The molecule has 1 amide bonds. The molecule has 1 aromatic rings. The fraction of sp³-hybridized carbons (Fsp3) is 0.588. The molecule has 0 atom stereocenters. The van der Waals surface area contributed by atoms with Crippen molar-refractivity contribution in [3.63, 3.8) is 0 Å². The number of carbonyl (C=O) groups is 1. The van der Waals surface area contributed by atoms with Crippen LogP contribution in [0.4, 0.5) is 0 Å². The molecule has 0 aromatic heterocycles. The van der Waals surface area contributed by atoms with Crippen LogP contribution >= 0.6 is 11.8 Å². The van der Waals surface area contributed by atoms with Gasteiger partial charge in [0.15, 0.2) is 0 Å². The van der Waals surface area contributed by atoms with Crippen molar-refractivity contribution in [1.29, 1.82) is 0 Å². The molecular weight excluding hydrogens is 358 g/mol. The Morgan fingerprint density at radius 1 is 1.00 bits per heavy atom. The summed E-state index contributed by atoms with van der Waals surface area (Å²) in [6, 6.07) is 6.89. The first-order valence-electron chi connectivity index (χ1n) is 8.66. The van der Waals surface area contributed by atoms with Crippen LogP contribution < -0.4 is 0 Å². The highest BCUT2D eigenvalue weighted by Gasteiger charge is 2.27. The number of piperazine rings is 1. The van der Waals surface area contributed by atoms with Gasteiger partial charge >= 0.3 is 0 Å². The molecule has 6 nitrogen and oxygen atoms in total. The molecule has 2 aliphatic heterocycles. The molecule has 0 radical (unpaired) electrons. The van der Waals surface area contributed by atoms with E-state index < -0.39 is 10.0 Å². The first kappa shape index (κ1) is 18.7. The molecule has 0 spiro atoms. The second kappa shape index (κ2) is 8.07. The minimum absolute atomic E-state index is 0.145. The minimum Gasteiger partial charge on any atom is -0.339 e. The van der Waals surface area contributed by atoms with Gasteiger partial charge < -0.3 is 9.80 Å². The van der Waals surface area contributed by atoms with Crippen LogP contribution in [0.5, 0.6) is 0 Å². The molecule has 2 fully saturated rings. The highest BCUT2D eigenvalue weighted by molar-refractivity contribution is 8.00. The maximum atomic E-state index is 12.5. The molecule has 0 N–H and O–H groups in total. The van der Waals surface area contributed by atoms with Crippen LogP contribution in [0.3, 0.4) is 0 Å². The number of amides is 1. The van der Waals surface area contributed by atoms with Gasteiger partial charge in [-0.2, -0.15) is 4.31 Å². The standard InChI is InChI=1S/C17H25N3O3S2/c1-18-10-12-19(13-11-18)17(21)14-24-15-4-6-16(7-5-15)25(22,23)20-8-2-3-9-20/h4-7H,2-3,8-14H2,1H3. The molecular formula is C17H25N3O3S2. The van der Waals surface area contributed by atoms with Crippen molar-refractivity contribution in [2.75, 3.05) is 52.1 Å². The molecule has 0 aliphatic carbocycles. The normalized spacial score (nSPS) is 20.1.